The van der Waals surface area contributed by atoms with Crippen LogP contribution in [0, 0.1) is 38.5 Å². The highest BCUT2D eigenvalue weighted by atomic mass is 32.2. The third-order valence-corrected chi connectivity index (χ3v) is 23.4. The van der Waals surface area contributed by atoms with Gasteiger partial charge in [-0.3, -0.25) is 19.3 Å². The smallest absolute Gasteiger partial charge is 0.227 e. The maximum absolute atomic E-state index is 12.1. The Morgan fingerprint density at radius 3 is 1.19 bits per heavy atom. The standard InChI is InChI=1S/C27H33N7O2S2.C25H30N6O2S2.C22H24N6O2S2.7H2/c1-18-17-28-26(37-18)30-23-16-24(34-10-8-21(9-11-34)33-12-14-36-15-13-33)32-27(31-23)38-22-6-4-20(5-7-22)29-25(35)19-2-3-19;1-15(2)33-19-10-11-31(14-19)22-12-21(28-24-26-13-16(3)34-24)29-25(30-22)35-20-8-6-18(7-9-20)27-23(32)17-4-5-17;1-13-11-23-21(31-13)25-18-10-19(28-9-8-16(29)12-28)27-22(26-18)32-17-6-4-15(5-7-17)24-20(30)14-2-3-14;;;;;;;/h4-7,16-17,19,21H,2-3,8-15H2,1H3,(H,29,35)(H,28,30,31,32);6-9,12-13,15,17,19H,4-5,10-11,14H2,1-3H3,(H,27,32)(H,26,28,29,30);4-7,10-11,14,16,29H,2-3,8-9,12H2,1H3,(H,24,30)(H,23,25,26,27);7*1H/t;19-;16-;;;;;;;/m.01......./s1. The van der Waals surface area contributed by atoms with Gasteiger partial charge < -0.3 is 61.2 Å². The van der Waals surface area contributed by atoms with Crippen LogP contribution in [0.3, 0.4) is 0 Å². The van der Waals surface area contributed by atoms with Crippen molar-refractivity contribution in [2.75, 3.05) is 112 Å². The Morgan fingerprint density at radius 1 is 0.486 bits per heavy atom. The van der Waals surface area contributed by atoms with Crippen LogP contribution in [0.5, 0.6) is 0 Å². The first-order valence-corrected chi connectivity index (χ1v) is 40.8. The van der Waals surface area contributed by atoms with Crippen molar-refractivity contribution in [3.63, 3.8) is 0 Å². The van der Waals surface area contributed by atoms with Crippen molar-refractivity contribution >= 4 is 154 Å². The minimum absolute atomic E-state index is 0. The highest BCUT2D eigenvalue weighted by Gasteiger charge is 2.33. The van der Waals surface area contributed by atoms with Crippen LogP contribution in [0.25, 0.3) is 0 Å². The van der Waals surface area contributed by atoms with Gasteiger partial charge in [-0.1, -0.05) is 0 Å². The third kappa shape index (κ3) is 21.6. The summed E-state index contributed by atoms with van der Waals surface area (Å²) in [7, 11) is 0. The second-order valence-corrected chi connectivity index (χ2v) is 34.2. The summed E-state index contributed by atoms with van der Waals surface area (Å²) in [6.07, 6.45) is 15.5. The zero-order valence-corrected chi connectivity index (χ0v) is 64.2. The number of anilines is 12. The van der Waals surface area contributed by atoms with E-state index >= 15 is 0 Å². The lowest BCUT2D eigenvalue weighted by molar-refractivity contribution is -0.118. The number of carbonyl (C=O) groups is 3. The first-order valence-electron chi connectivity index (χ1n) is 35.9. The SMILES string of the molecule is Cc1cnc(Nc2cc(N3CCC(N4CCOCC4)CC3)nc(Sc3ccc(NC(=O)C4CC4)cc3)n2)s1.Cc1cnc(Nc2cc(N3CC[C@@H](O)C3)nc(Sc3ccc(NC(=O)C4CC4)cc3)n2)s1.Cc1cnc(Nc2cc(N3CC[C@H](OC(C)C)C3)nc(Sc3ccc(NC(=O)C4CC4)cc3)n2)s1.[HH].[HH].[HH].[HH].[HH].[HH].[HH]. The van der Waals surface area contributed by atoms with Crippen LogP contribution >= 0.6 is 69.3 Å². The number of benzene rings is 3. The van der Waals surface area contributed by atoms with E-state index < -0.39 is 0 Å². The van der Waals surface area contributed by atoms with Gasteiger partial charge in [-0.15, -0.1) is 34.0 Å². The van der Waals surface area contributed by atoms with Gasteiger partial charge in [0, 0.05) is 169 Å². The maximum Gasteiger partial charge on any atom is 0.227 e. The van der Waals surface area contributed by atoms with E-state index in [0.29, 0.717) is 39.7 Å². The van der Waals surface area contributed by atoms with Gasteiger partial charge in [0.2, 0.25) is 17.7 Å². The summed E-state index contributed by atoms with van der Waals surface area (Å²) in [5.41, 5.74) is 2.44. The summed E-state index contributed by atoms with van der Waals surface area (Å²) < 4.78 is 11.6. The van der Waals surface area contributed by atoms with Gasteiger partial charge >= 0.3 is 0 Å². The number of rotatable bonds is 24. The van der Waals surface area contributed by atoms with Gasteiger partial charge in [-0.05, 0) is 207 Å². The Bertz CT molecular complexity index is 4470. The number of amides is 3. The van der Waals surface area contributed by atoms with Gasteiger partial charge in [0.1, 0.15) is 34.9 Å². The average Bonchev–Trinajstić information content (AvgIpc) is 0.958. The summed E-state index contributed by atoms with van der Waals surface area (Å²) in [5.74, 6) is 5.60. The molecule has 2 atom stereocenters. The lowest BCUT2D eigenvalue weighted by Crippen LogP contribution is -2.49. The van der Waals surface area contributed by atoms with Crippen molar-refractivity contribution < 1.29 is 39.0 Å². The molecule has 6 aromatic heterocycles. The van der Waals surface area contributed by atoms with Crippen LogP contribution < -0.4 is 46.6 Å². The maximum atomic E-state index is 12.1. The Kier molecular flexibility index (Phi) is 24.3. The van der Waals surface area contributed by atoms with Crippen molar-refractivity contribution in [2.45, 2.75) is 153 Å². The zero-order valence-electron chi connectivity index (χ0n) is 59.3. The van der Waals surface area contributed by atoms with E-state index in [1.807, 2.05) is 130 Å². The lowest BCUT2D eigenvalue weighted by atomic mass is 10.0. The molecule has 0 bridgehead atoms. The monoisotopic (exact) mass is 1540 g/mol. The number of aliphatic hydroxyl groups excluding tert-OH is 1. The number of hydrogen-bond donors (Lipinski definition) is 7. The molecule has 7 fully saturated rings. The quantitative estimate of drug-likeness (QED) is 0.0277. The third-order valence-electron chi connectivity index (χ3n) is 18.3. The minimum Gasteiger partial charge on any atom is -0.391 e. The minimum atomic E-state index is -0.336. The van der Waals surface area contributed by atoms with Crippen molar-refractivity contribution in [3.05, 3.63) is 124 Å². The molecule has 3 amide bonds. The number of piperidine rings is 1. The molecule has 7 N–H and O–H groups in total. The van der Waals surface area contributed by atoms with E-state index in [2.05, 4.69) is 85.3 Å². The summed E-state index contributed by atoms with van der Waals surface area (Å²) in [6.45, 7) is 18.9. The number of nitrogens with zero attached hydrogens (tertiary/aromatic N) is 13. The molecule has 0 unspecified atom stereocenters. The zero-order chi connectivity index (χ0) is 72.3. The molecular weight excluding hydrogens is 1440 g/mol. The molecule has 25 nitrogen and oxygen atoms in total. The topological polar surface area (TPSA) is 291 Å². The Labute approximate surface area is 646 Å². The molecule has 564 valence electrons. The van der Waals surface area contributed by atoms with Gasteiger partial charge in [-0.2, -0.15) is 0 Å². The van der Waals surface area contributed by atoms with Crippen molar-refractivity contribution in [2.24, 2.45) is 17.8 Å². The summed E-state index contributed by atoms with van der Waals surface area (Å²) in [6, 6.07) is 30.0. The number of aliphatic hydroxyl groups is 1. The highest BCUT2D eigenvalue weighted by molar-refractivity contribution is 7.99. The molecular formula is C74H101N19O6S6. The second-order valence-electron chi connectivity index (χ2n) is 27.4. The number of ether oxygens (including phenoxy) is 2. The van der Waals surface area contributed by atoms with Gasteiger partial charge in [0.05, 0.1) is 31.5 Å². The molecule has 0 spiro atoms. The fourth-order valence-corrected chi connectivity index (χ4v) is 16.6. The number of β-amino-alcohol motifs (C(OH)–C–C–N with tert-alkyl or cyclic N) is 1. The molecule has 16 rings (SSSR count). The first-order chi connectivity index (χ1) is 51.0. The van der Waals surface area contributed by atoms with Gasteiger partial charge in [-0.25, -0.2) is 44.9 Å². The number of carbonyl (C=O) groups excluding carboxylic acids is 3. The number of nitrogens with one attached hydrogen (secondary N) is 6. The normalized spacial score (nSPS) is 18.3. The number of aromatic nitrogens is 9. The number of hydrogen-bond acceptors (Lipinski definition) is 28. The van der Waals surface area contributed by atoms with Gasteiger partial charge in [0.15, 0.2) is 30.9 Å². The molecule has 0 radical (unpaired) electrons. The van der Waals surface area contributed by atoms with E-state index in [1.165, 1.54) is 35.3 Å². The van der Waals surface area contributed by atoms with Crippen LogP contribution in [0.15, 0.2) is 140 Å². The Balaban J connectivity index is 0.000000227. The fraction of sp³-hybridized carbons (Fsp3) is 0.432. The van der Waals surface area contributed by atoms with Gasteiger partial charge in [0.25, 0.3) is 0 Å². The summed E-state index contributed by atoms with van der Waals surface area (Å²) in [5, 5.41) is 33.3. The van der Waals surface area contributed by atoms with Crippen molar-refractivity contribution in [1.82, 2.24) is 49.8 Å². The first kappa shape index (κ1) is 73.8. The van der Waals surface area contributed by atoms with Crippen LogP contribution in [0.4, 0.5) is 67.4 Å². The van der Waals surface area contributed by atoms with Crippen LogP contribution in [-0.2, 0) is 23.9 Å². The lowest BCUT2D eigenvalue weighted by Gasteiger charge is -2.40. The molecule has 9 aromatic rings. The molecule has 3 saturated carbocycles. The molecule has 4 aliphatic heterocycles. The highest BCUT2D eigenvalue weighted by Crippen LogP contribution is 2.39. The van der Waals surface area contributed by atoms with Crippen LogP contribution in [0.2, 0.25) is 0 Å². The summed E-state index contributed by atoms with van der Waals surface area (Å²) >= 11 is 9.25. The van der Waals surface area contributed by atoms with E-state index in [1.54, 1.807) is 34.0 Å². The second kappa shape index (κ2) is 34.6. The van der Waals surface area contributed by atoms with E-state index in [0.717, 1.165) is 208 Å². The van der Waals surface area contributed by atoms with E-state index in [4.69, 9.17) is 34.4 Å². The molecule has 105 heavy (non-hydrogen) atoms. The number of aryl methyl sites for hydroxylation is 3. The van der Waals surface area contributed by atoms with E-state index in [-0.39, 0.29) is 63.8 Å². The van der Waals surface area contributed by atoms with E-state index in [9.17, 15) is 19.5 Å². The predicted molar refractivity (Wildman–Crippen MR) is 434 cm³/mol. The molecule has 3 aliphatic carbocycles. The summed E-state index contributed by atoms with van der Waals surface area (Å²) in [4.78, 5) is 93.8. The largest absolute Gasteiger partial charge is 0.391 e. The van der Waals surface area contributed by atoms with Crippen LogP contribution in [-0.4, -0.2) is 163 Å². The van der Waals surface area contributed by atoms with Crippen molar-refractivity contribution in [1.29, 1.82) is 0 Å². The molecule has 4 saturated heterocycles. The number of thiazole rings is 3. The van der Waals surface area contributed by atoms with Crippen LogP contribution in [0.1, 0.15) is 103 Å². The molecule has 7 aliphatic rings. The Morgan fingerprint density at radius 2 is 0.848 bits per heavy atom. The average molecular weight is 1550 g/mol. The molecule has 10 heterocycles. The predicted octanol–water partition coefficient (Wildman–Crippen LogP) is 16.1. The van der Waals surface area contributed by atoms with Crippen molar-refractivity contribution in [3.8, 4) is 0 Å². The fourth-order valence-electron chi connectivity index (χ4n) is 12.3. The molecule has 3 aromatic carbocycles. The molecule has 31 heteroatoms. The Hall–Kier alpha value is -8.11. The number of morpholine rings is 1.